The fraction of sp³-hybridized carbons (Fsp3) is 0. The Balaban J connectivity index is 1.23. The molecule has 0 fully saturated rings. The van der Waals surface area contributed by atoms with E-state index in [1.165, 1.54) is 32.3 Å². The molecule has 0 atom stereocenters. The first-order valence-electron chi connectivity index (χ1n) is 18.1. The van der Waals surface area contributed by atoms with Crippen LogP contribution in [0.2, 0.25) is 0 Å². The summed E-state index contributed by atoms with van der Waals surface area (Å²) in [5.74, 6) is 0. The quantitative estimate of drug-likeness (QED) is 0.179. The van der Waals surface area contributed by atoms with Crippen LogP contribution in [0.1, 0.15) is 11.1 Å². The fourth-order valence-electron chi connectivity index (χ4n) is 8.06. The standard InChI is InChI=1S/C50H29N5/c51-26-32-22-38(30-53-28-32)34-14-18-36(19-15-34)45-24-47-49(43-12-6-4-10-41(43)45)50-44-13-7-5-11-42(44)46(25-48(50)55(47)40-8-2-1-3-9-40)37-20-16-35(17-21-37)39-23-33(27-52)29-54-31-39/h1-25,28-31H. The first-order valence-corrected chi connectivity index (χ1v) is 18.1. The summed E-state index contributed by atoms with van der Waals surface area (Å²) in [7, 11) is 0. The van der Waals surface area contributed by atoms with Gasteiger partial charge in [0, 0.05) is 52.4 Å². The van der Waals surface area contributed by atoms with E-state index in [9.17, 15) is 10.5 Å². The zero-order valence-electron chi connectivity index (χ0n) is 29.5. The van der Waals surface area contributed by atoms with Crippen LogP contribution in [-0.4, -0.2) is 14.5 Å². The topological polar surface area (TPSA) is 78.3 Å². The molecule has 10 rings (SSSR count). The van der Waals surface area contributed by atoms with Crippen molar-refractivity contribution in [3.8, 4) is 62.3 Å². The summed E-state index contributed by atoms with van der Waals surface area (Å²) >= 11 is 0. The number of aromatic nitrogens is 3. The van der Waals surface area contributed by atoms with Gasteiger partial charge in [0.05, 0.1) is 22.2 Å². The Hall–Kier alpha value is -7.86. The zero-order valence-corrected chi connectivity index (χ0v) is 29.5. The number of benzene rings is 7. The van der Waals surface area contributed by atoms with E-state index in [2.05, 4.69) is 166 Å². The molecular formula is C50H29N5. The van der Waals surface area contributed by atoms with E-state index in [0.29, 0.717) is 11.1 Å². The van der Waals surface area contributed by atoms with Crippen molar-refractivity contribution in [1.82, 2.24) is 14.5 Å². The molecule has 3 aromatic heterocycles. The van der Waals surface area contributed by atoms with Crippen LogP contribution in [0.25, 0.3) is 93.5 Å². The number of hydrogen-bond donors (Lipinski definition) is 0. The number of rotatable bonds is 5. The van der Waals surface area contributed by atoms with Crippen molar-refractivity contribution >= 4 is 43.4 Å². The van der Waals surface area contributed by atoms with Crippen LogP contribution in [0, 0.1) is 22.7 Å². The number of para-hydroxylation sites is 1. The second kappa shape index (κ2) is 13.0. The molecule has 0 spiro atoms. The van der Waals surface area contributed by atoms with Gasteiger partial charge in [-0.15, -0.1) is 0 Å². The average Bonchev–Trinajstić information content (AvgIpc) is 3.61. The number of nitriles is 2. The lowest BCUT2D eigenvalue weighted by molar-refractivity contribution is 1.18. The average molecular weight is 700 g/mol. The molecule has 3 heterocycles. The lowest BCUT2D eigenvalue weighted by Gasteiger charge is -2.13. The molecule has 0 aliphatic carbocycles. The van der Waals surface area contributed by atoms with Crippen LogP contribution in [0.15, 0.2) is 176 Å². The maximum Gasteiger partial charge on any atom is 0.101 e. The minimum Gasteiger partial charge on any atom is -0.309 e. The largest absolute Gasteiger partial charge is 0.309 e. The molecule has 0 amide bonds. The monoisotopic (exact) mass is 699 g/mol. The summed E-state index contributed by atoms with van der Waals surface area (Å²) in [6, 6.07) is 58.1. The lowest BCUT2D eigenvalue weighted by atomic mass is 9.91. The fourth-order valence-corrected chi connectivity index (χ4v) is 8.06. The van der Waals surface area contributed by atoms with Crippen LogP contribution in [0.5, 0.6) is 0 Å². The summed E-state index contributed by atoms with van der Waals surface area (Å²) in [6.45, 7) is 0. The summed E-state index contributed by atoms with van der Waals surface area (Å²) < 4.78 is 2.41. The molecule has 7 aromatic carbocycles. The third-order valence-corrected chi connectivity index (χ3v) is 10.6. The minimum atomic E-state index is 0.541. The molecule has 0 saturated carbocycles. The smallest absolute Gasteiger partial charge is 0.101 e. The SMILES string of the molecule is N#Cc1cncc(-c2ccc(-c3cc4c(c5ccccc35)c3c5ccccc5c(-c5ccc(-c6cncc(C#N)c6)cc5)cc3n4-c3ccccc3)cc2)c1. The highest BCUT2D eigenvalue weighted by Crippen LogP contribution is 2.46. The van der Waals surface area contributed by atoms with Gasteiger partial charge >= 0.3 is 0 Å². The molecule has 0 bridgehead atoms. The van der Waals surface area contributed by atoms with Crippen LogP contribution in [0.3, 0.4) is 0 Å². The second-order valence-corrected chi connectivity index (χ2v) is 13.7. The maximum absolute atomic E-state index is 9.44. The number of nitrogens with zero attached hydrogens (tertiary/aromatic N) is 5. The molecule has 0 unspecified atom stereocenters. The molecule has 0 N–H and O–H groups in total. The van der Waals surface area contributed by atoms with E-state index >= 15 is 0 Å². The van der Waals surface area contributed by atoms with E-state index in [0.717, 1.165) is 61.2 Å². The highest BCUT2D eigenvalue weighted by Gasteiger charge is 2.21. The van der Waals surface area contributed by atoms with Gasteiger partial charge < -0.3 is 4.57 Å². The molecular weight excluding hydrogens is 671 g/mol. The normalized spacial score (nSPS) is 11.2. The molecule has 0 aliphatic rings. The van der Waals surface area contributed by atoms with Gasteiger partial charge in [-0.2, -0.15) is 10.5 Å². The van der Waals surface area contributed by atoms with Gasteiger partial charge in [-0.25, -0.2) is 0 Å². The van der Waals surface area contributed by atoms with Gasteiger partial charge in [0.15, 0.2) is 0 Å². The van der Waals surface area contributed by atoms with Crippen LogP contribution in [0.4, 0.5) is 0 Å². The molecule has 0 radical (unpaired) electrons. The van der Waals surface area contributed by atoms with E-state index in [4.69, 9.17) is 0 Å². The van der Waals surface area contributed by atoms with Crippen molar-refractivity contribution in [2.45, 2.75) is 0 Å². The molecule has 5 heteroatoms. The molecule has 10 aromatic rings. The Kier molecular flexibility index (Phi) is 7.51. The maximum atomic E-state index is 9.44. The van der Waals surface area contributed by atoms with Crippen molar-refractivity contribution in [3.63, 3.8) is 0 Å². The van der Waals surface area contributed by atoms with Crippen molar-refractivity contribution in [3.05, 3.63) is 188 Å². The third kappa shape index (κ3) is 5.31. The van der Waals surface area contributed by atoms with Gasteiger partial charge in [-0.05, 0) is 91.3 Å². The van der Waals surface area contributed by atoms with Crippen molar-refractivity contribution < 1.29 is 0 Å². The second-order valence-electron chi connectivity index (χ2n) is 13.7. The number of hydrogen-bond acceptors (Lipinski definition) is 4. The van der Waals surface area contributed by atoms with Crippen molar-refractivity contribution in [1.29, 1.82) is 10.5 Å². The Morgan fingerprint density at radius 3 is 1.22 bits per heavy atom. The summed E-state index contributed by atoms with van der Waals surface area (Å²) in [5, 5.41) is 26.1. The summed E-state index contributed by atoms with van der Waals surface area (Å²) in [6.07, 6.45) is 6.77. The van der Waals surface area contributed by atoms with Crippen LogP contribution in [-0.2, 0) is 0 Å². The highest BCUT2D eigenvalue weighted by atomic mass is 15.0. The molecule has 254 valence electrons. The lowest BCUT2D eigenvalue weighted by Crippen LogP contribution is -1.95. The molecule has 0 saturated heterocycles. The summed E-state index contributed by atoms with van der Waals surface area (Å²) in [5.41, 5.74) is 12.8. The van der Waals surface area contributed by atoms with E-state index in [1.807, 2.05) is 12.1 Å². The summed E-state index contributed by atoms with van der Waals surface area (Å²) in [4.78, 5) is 8.56. The minimum absolute atomic E-state index is 0.541. The van der Waals surface area contributed by atoms with E-state index in [-0.39, 0.29) is 0 Å². The molecule has 0 aliphatic heterocycles. The predicted molar refractivity (Wildman–Crippen MR) is 223 cm³/mol. The van der Waals surface area contributed by atoms with Gasteiger partial charge in [0.25, 0.3) is 0 Å². The zero-order chi connectivity index (χ0) is 36.9. The Morgan fingerprint density at radius 2 is 0.782 bits per heavy atom. The van der Waals surface area contributed by atoms with Crippen molar-refractivity contribution in [2.24, 2.45) is 0 Å². The van der Waals surface area contributed by atoms with Gasteiger partial charge in [0.1, 0.15) is 12.1 Å². The van der Waals surface area contributed by atoms with E-state index < -0.39 is 0 Å². The van der Waals surface area contributed by atoms with Gasteiger partial charge in [-0.1, -0.05) is 115 Å². The molecule has 55 heavy (non-hydrogen) atoms. The Bertz CT molecular complexity index is 3000. The number of fused-ring (bicyclic) bond motifs is 7. The highest BCUT2D eigenvalue weighted by molar-refractivity contribution is 6.31. The number of pyridine rings is 2. The van der Waals surface area contributed by atoms with E-state index in [1.54, 1.807) is 24.8 Å². The van der Waals surface area contributed by atoms with Crippen molar-refractivity contribution in [2.75, 3.05) is 0 Å². The van der Waals surface area contributed by atoms with Gasteiger partial charge in [-0.3, -0.25) is 9.97 Å². The first kappa shape index (κ1) is 31.8. The molecule has 5 nitrogen and oxygen atoms in total. The van der Waals surface area contributed by atoms with Crippen LogP contribution >= 0.6 is 0 Å². The first-order chi connectivity index (χ1) is 27.2. The third-order valence-electron chi connectivity index (χ3n) is 10.6. The Labute approximate surface area is 317 Å². The Morgan fingerprint density at radius 1 is 0.382 bits per heavy atom. The predicted octanol–water partition coefficient (Wildman–Crippen LogP) is 12.3. The van der Waals surface area contributed by atoms with Gasteiger partial charge in [0.2, 0.25) is 0 Å². The van der Waals surface area contributed by atoms with Crippen LogP contribution < -0.4 is 0 Å².